The van der Waals surface area contributed by atoms with Crippen LogP contribution in [-0.4, -0.2) is 101 Å². The van der Waals surface area contributed by atoms with Crippen LogP contribution in [0.25, 0.3) is 22.0 Å². The molecular weight excluding hydrogens is 1090 g/mol. The van der Waals surface area contributed by atoms with Gasteiger partial charge in [0.1, 0.15) is 41.6 Å². The number of carbonyl (C=O) groups is 6. The molecule has 4 heterocycles. The van der Waals surface area contributed by atoms with Crippen LogP contribution in [0.15, 0.2) is 66.4 Å². The number of aliphatic hydroxyl groups excluding tert-OH is 1. The molecule has 6 rings (SSSR count). The van der Waals surface area contributed by atoms with Crippen LogP contribution in [0.5, 0.6) is 0 Å². The van der Waals surface area contributed by atoms with E-state index in [9.17, 15) is 42.7 Å². The van der Waals surface area contributed by atoms with Gasteiger partial charge in [-0.2, -0.15) is 0 Å². The van der Waals surface area contributed by atoms with E-state index in [1.165, 1.54) is 68.8 Å². The van der Waals surface area contributed by atoms with Gasteiger partial charge in [-0.1, -0.05) is 147 Å². The molecule has 18 nitrogen and oxygen atoms in total. The highest BCUT2D eigenvalue weighted by Gasteiger charge is 2.44. The maximum Gasteiger partial charge on any atom is 0.259 e. The van der Waals surface area contributed by atoms with Crippen LogP contribution in [0, 0.1) is 24.0 Å². The number of hydrogen-bond acceptors (Lipinski definition) is 12. The van der Waals surface area contributed by atoms with Crippen molar-refractivity contribution in [3.8, 4) is 22.0 Å². The van der Waals surface area contributed by atoms with Gasteiger partial charge in [-0.05, 0) is 68.4 Å². The second-order valence-corrected chi connectivity index (χ2v) is 24.3. The minimum absolute atomic E-state index is 0.0336. The number of aryl methyl sites for hydroxylation is 1. The lowest BCUT2D eigenvalue weighted by Gasteiger charge is -2.35. The fourth-order valence-corrected chi connectivity index (χ4v) is 11.1. The van der Waals surface area contributed by atoms with Gasteiger partial charge < -0.3 is 41.2 Å². The number of pyridine rings is 1. The second kappa shape index (κ2) is 33.5. The van der Waals surface area contributed by atoms with Gasteiger partial charge in [-0.15, -0.1) is 21.5 Å². The lowest BCUT2D eigenvalue weighted by atomic mass is 9.85. The SMILES string of the molecule is Cc1ncsc1-c1ccc(CNC(=O)[C@@H]2C[C@@H](O)CN2C(=O)[C@H](NC(=O)CCCCCCCCCCCCCCCCCCCNC(=O)CCC(=O)Nc2cc(C(=O)Nc3cccc(-c4nncn4C(C)C)n3)c(F)cc2F)C(C)(C)C)cc1. The summed E-state index contributed by atoms with van der Waals surface area (Å²) in [6.45, 7) is 12.4. The Morgan fingerprint density at radius 2 is 1.36 bits per heavy atom. The van der Waals surface area contributed by atoms with Gasteiger partial charge in [0.2, 0.25) is 29.5 Å². The van der Waals surface area contributed by atoms with Gasteiger partial charge >= 0.3 is 0 Å². The number of thiazole rings is 1. The lowest BCUT2D eigenvalue weighted by molar-refractivity contribution is -0.144. The van der Waals surface area contributed by atoms with Crippen molar-refractivity contribution in [3.05, 3.63) is 94.9 Å². The number of unbranched alkanes of at least 4 members (excludes halogenated alkanes) is 16. The van der Waals surface area contributed by atoms with Crippen LogP contribution >= 0.6 is 11.3 Å². The van der Waals surface area contributed by atoms with E-state index >= 15 is 0 Å². The first-order valence-electron chi connectivity index (χ1n) is 30.1. The fraction of sp³-hybridized carbons (Fsp3) is 0.556. The van der Waals surface area contributed by atoms with Gasteiger partial charge in [0.15, 0.2) is 5.82 Å². The number of β-amino-alcohol motifs (C(OH)–C–C–N with tert-alkyl or cyclic N) is 1. The lowest BCUT2D eigenvalue weighted by Crippen LogP contribution is -2.57. The molecule has 3 aromatic heterocycles. The molecule has 84 heavy (non-hydrogen) atoms. The maximum absolute atomic E-state index is 14.8. The number of aromatic nitrogens is 5. The first-order valence-corrected chi connectivity index (χ1v) is 31.0. The van der Waals surface area contributed by atoms with Crippen LogP contribution in [0.3, 0.4) is 0 Å². The van der Waals surface area contributed by atoms with Crippen molar-refractivity contribution in [2.24, 2.45) is 5.41 Å². The van der Waals surface area contributed by atoms with E-state index in [-0.39, 0.29) is 67.8 Å². The molecule has 1 saturated heterocycles. The summed E-state index contributed by atoms with van der Waals surface area (Å²) in [7, 11) is 0. The van der Waals surface area contributed by atoms with Crippen molar-refractivity contribution < 1.29 is 42.7 Å². The molecule has 6 N–H and O–H groups in total. The van der Waals surface area contributed by atoms with E-state index in [1.807, 2.05) is 71.3 Å². The Labute approximate surface area is 497 Å². The summed E-state index contributed by atoms with van der Waals surface area (Å²) in [5, 5.41) is 32.3. The molecule has 0 unspecified atom stereocenters. The molecule has 0 saturated carbocycles. The molecule has 1 aliphatic rings. The summed E-state index contributed by atoms with van der Waals surface area (Å²) in [6, 6.07) is 12.6. The third-order valence-electron chi connectivity index (χ3n) is 15.1. The molecule has 21 heteroatoms. The molecule has 2 aromatic carbocycles. The van der Waals surface area contributed by atoms with Gasteiger partial charge in [0, 0.05) is 57.4 Å². The minimum atomic E-state index is -1.12. The van der Waals surface area contributed by atoms with Crippen LogP contribution < -0.4 is 26.6 Å². The molecule has 5 aromatic rings. The Morgan fingerprint density at radius 1 is 0.738 bits per heavy atom. The van der Waals surface area contributed by atoms with Crippen LogP contribution in [0.1, 0.15) is 197 Å². The van der Waals surface area contributed by atoms with Crippen molar-refractivity contribution in [1.82, 2.24) is 45.6 Å². The number of likely N-dealkylation sites (tertiary alicyclic amines) is 1. The molecule has 456 valence electrons. The highest BCUT2D eigenvalue weighted by Crippen LogP contribution is 2.30. The highest BCUT2D eigenvalue weighted by molar-refractivity contribution is 7.13. The van der Waals surface area contributed by atoms with E-state index in [4.69, 9.17) is 0 Å². The fourth-order valence-electron chi connectivity index (χ4n) is 10.3. The highest BCUT2D eigenvalue weighted by atomic mass is 32.1. The third kappa shape index (κ3) is 21.0. The summed E-state index contributed by atoms with van der Waals surface area (Å²) in [5.41, 5.74) is 3.69. The van der Waals surface area contributed by atoms with Gasteiger partial charge in [0.25, 0.3) is 5.91 Å². The summed E-state index contributed by atoms with van der Waals surface area (Å²) in [5.74, 6) is -4.34. The smallest absolute Gasteiger partial charge is 0.259 e. The number of nitrogens with one attached hydrogen (secondary N) is 5. The minimum Gasteiger partial charge on any atom is -0.391 e. The number of amides is 6. The number of hydrogen-bond donors (Lipinski definition) is 6. The number of benzene rings is 2. The Hall–Kier alpha value is -7.00. The Kier molecular flexibility index (Phi) is 26.4. The van der Waals surface area contributed by atoms with Crippen LogP contribution in [0.2, 0.25) is 0 Å². The predicted octanol–water partition coefficient (Wildman–Crippen LogP) is 11.5. The van der Waals surface area contributed by atoms with E-state index < -0.39 is 58.3 Å². The summed E-state index contributed by atoms with van der Waals surface area (Å²) >= 11 is 1.58. The summed E-state index contributed by atoms with van der Waals surface area (Å²) in [4.78, 5) is 90.0. The Balaban J connectivity index is 0.729. The van der Waals surface area contributed by atoms with E-state index in [0.29, 0.717) is 30.6 Å². The topological polar surface area (TPSA) is 243 Å². The number of nitrogens with zero attached hydrogens (tertiary/aromatic N) is 6. The molecule has 0 radical (unpaired) electrons. The summed E-state index contributed by atoms with van der Waals surface area (Å²) < 4.78 is 31.3. The first-order chi connectivity index (χ1) is 40.3. The number of rotatable bonds is 34. The van der Waals surface area contributed by atoms with E-state index in [2.05, 4.69) is 46.7 Å². The molecular formula is C63H87F2N11O7S. The number of aliphatic hydroxyl groups is 1. The normalized spacial score (nSPS) is 14.6. The quantitative estimate of drug-likeness (QED) is 0.0212. The van der Waals surface area contributed by atoms with Crippen molar-refractivity contribution in [2.75, 3.05) is 23.7 Å². The number of anilines is 2. The van der Waals surface area contributed by atoms with E-state index in [0.717, 1.165) is 79.1 Å². The van der Waals surface area contributed by atoms with Gasteiger partial charge in [-0.3, -0.25) is 28.8 Å². The molecule has 0 aliphatic carbocycles. The van der Waals surface area contributed by atoms with Crippen LogP contribution in [0.4, 0.5) is 20.3 Å². The van der Waals surface area contributed by atoms with E-state index in [1.54, 1.807) is 34.4 Å². The second-order valence-electron chi connectivity index (χ2n) is 23.4. The summed E-state index contributed by atoms with van der Waals surface area (Å²) in [6.07, 6.45) is 19.7. The van der Waals surface area contributed by atoms with Crippen LogP contribution in [-0.2, 0) is 30.5 Å². The maximum atomic E-state index is 14.8. The standard InChI is InChI=1S/C63H87F2N11O7S/c1-42(2)76-40-69-74-59(76)50-25-24-26-53(70-50)72-60(81)47-36-51(49(65)37-48(47)64)71-56(80)33-32-54(78)66-34-23-21-19-17-15-13-11-9-7-8-10-12-14-16-18-20-22-27-55(79)73-58(63(4,5)6)62(83)75-39-46(77)35-52(75)61(82)67-38-44-28-30-45(31-29-44)57-43(3)68-41-84-57/h24-26,28-31,36-37,40-42,46,52,58,77H,7-23,27,32-35,38-39H2,1-6H3,(H,66,78)(H,67,82)(H,71,80)(H,73,79)(H,70,72,81)/t46-,52+,58+/m1/s1. The van der Waals surface area contributed by atoms with Gasteiger partial charge in [0.05, 0.1) is 33.4 Å². The first kappa shape index (κ1) is 66.1. The molecule has 6 amide bonds. The zero-order valence-electron chi connectivity index (χ0n) is 49.9. The monoisotopic (exact) mass is 1180 g/mol. The number of carbonyl (C=O) groups excluding carboxylic acids is 6. The van der Waals surface area contributed by atoms with Crippen molar-refractivity contribution in [1.29, 1.82) is 0 Å². The van der Waals surface area contributed by atoms with Crippen molar-refractivity contribution in [2.45, 2.75) is 207 Å². The molecule has 3 atom stereocenters. The zero-order chi connectivity index (χ0) is 60.6. The average molecular weight is 1180 g/mol. The van der Waals surface area contributed by atoms with Crippen molar-refractivity contribution in [3.63, 3.8) is 0 Å². The molecule has 1 aliphatic heterocycles. The van der Waals surface area contributed by atoms with Gasteiger partial charge in [-0.25, -0.2) is 18.7 Å². The van der Waals surface area contributed by atoms with Crippen molar-refractivity contribution >= 4 is 58.3 Å². The molecule has 1 fully saturated rings. The Morgan fingerprint density at radius 3 is 1.96 bits per heavy atom. The molecule has 0 bridgehead atoms. The number of halogens is 2. The molecule has 0 spiro atoms. The third-order valence-corrected chi connectivity index (χ3v) is 16.1. The predicted molar refractivity (Wildman–Crippen MR) is 324 cm³/mol. The zero-order valence-corrected chi connectivity index (χ0v) is 50.7. The largest absolute Gasteiger partial charge is 0.391 e. The Bertz CT molecular complexity index is 2940. The average Bonchev–Trinajstić information content (AvgIpc) is 3.55.